The fourth-order valence-electron chi connectivity index (χ4n) is 2.60. The Kier molecular flexibility index (Phi) is 6.91. The Morgan fingerprint density at radius 1 is 1.00 bits per heavy atom. The molecule has 7 nitrogen and oxygen atoms in total. The average molecular weight is 414 g/mol. The van der Waals surface area contributed by atoms with Crippen molar-refractivity contribution in [3.63, 3.8) is 0 Å². The molecule has 0 saturated heterocycles. The summed E-state index contributed by atoms with van der Waals surface area (Å²) in [6.07, 6.45) is 0. The first-order valence-electron chi connectivity index (χ1n) is 8.97. The molecular weight excluding hydrogens is 392 g/mol. The zero-order valence-corrected chi connectivity index (χ0v) is 17.2. The van der Waals surface area contributed by atoms with Gasteiger partial charge in [0.2, 0.25) is 0 Å². The molecule has 0 saturated carbocycles. The quantitative estimate of drug-likeness (QED) is 0.564. The lowest BCUT2D eigenvalue weighted by Gasteiger charge is -2.11. The fraction of sp³-hybridized carbons (Fsp3) is 0.238. The number of thiazole rings is 1. The lowest BCUT2D eigenvalue weighted by Crippen LogP contribution is -2.20. The summed E-state index contributed by atoms with van der Waals surface area (Å²) in [5.74, 6) is 2.08. The summed E-state index contributed by atoms with van der Waals surface area (Å²) in [5, 5.41) is 5.10. The van der Waals surface area contributed by atoms with Crippen molar-refractivity contribution in [3.05, 3.63) is 47.8 Å². The zero-order valence-electron chi connectivity index (χ0n) is 16.4. The molecule has 29 heavy (non-hydrogen) atoms. The molecule has 3 rings (SSSR count). The normalized spacial score (nSPS) is 10.3. The van der Waals surface area contributed by atoms with E-state index in [1.807, 2.05) is 42.6 Å². The number of nitrogens with zero attached hydrogens (tertiary/aromatic N) is 1. The Morgan fingerprint density at radius 3 is 2.41 bits per heavy atom. The number of hydrogen-bond donors (Lipinski definition) is 1. The minimum Gasteiger partial charge on any atom is -0.493 e. The molecule has 1 N–H and O–H groups in total. The van der Waals surface area contributed by atoms with E-state index in [4.69, 9.17) is 18.9 Å². The summed E-state index contributed by atoms with van der Waals surface area (Å²) in [7, 11) is 3.17. The van der Waals surface area contributed by atoms with E-state index in [1.54, 1.807) is 26.4 Å². The largest absolute Gasteiger partial charge is 0.493 e. The molecular formula is C21H22N2O5S. The van der Waals surface area contributed by atoms with Gasteiger partial charge in [-0.1, -0.05) is 12.1 Å². The highest BCUT2D eigenvalue weighted by Gasteiger charge is 2.12. The first kappa shape index (κ1) is 20.5. The minimum absolute atomic E-state index is 0.143. The summed E-state index contributed by atoms with van der Waals surface area (Å²) < 4.78 is 21.6. The molecule has 152 valence electrons. The number of para-hydroxylation sites is 2. The van der Waals surface area contributed by atoms with Gasteiger partial charge in [-0.25, -0.2) is 4.98 Å². The van der Waals surface area contributed by atoms with E-state index in [1.165, 1.54) is 11.3 Å². The third-order valence-corrected chi connectivity index (χ3v) is 4.70. The topological polar surface area (TPSA) is 78.9 Å². The van der Waals surface area contributed by atoms with E-state index in [9.17, 15) is 4.79 Å². The number of carbonyl (C=O) groups is 1. The van der Waals surface area contributed by atoms with Crippen LogP contribution >= 0.6 is 11.3 Å². The Balaban J connectivity index is 1.62. The number of benzene rings is 2. The van der Waals surface area contributed by atoms with Gasteiger partial charge in [0.15, 0.2) is 34.7 Å². The van der Waals surface area contributed by atoms with Crippen LogP contribution in [0.4, 0.5) is 5.13 Å². The second-order valence-corrected chi connectivity index (χ2v) is 6.68. The van der Waals surface area contributed by atoms with Crippen LogP contribution in [0.3, 0.4) is 0 Å². The Bertz CT molecular complexity index is 973. The van der Waals surface area contributed by atoms with Crippen LogP contribution < -0.4 is 24.3 Å². The predicted octanol–water partition coefficient (Wildman–Crippen LogP) is 4.24. The molecule has 0 aliphatic heterocycles. The van der Waals surface area contributed by atoms with Crippen LogP contribution in [0.1, 0.15) is 6.92 Å². The molecule has 0 atom stereocenters. The van der Waals surface area contributed by atoms with Crippen molar-refractivity contribution >= 4 is 22.4 Å². The van der Waals surface area contributed by atoms with Crippen molar-refractivity contribution in [2.75, 3.05) is 32.8 Å². The maximum Gasteiger partial charge on any atom is 0.264 e. The lowest BCUT2D eigenvalue weighted by atomic mass is 10.1. The van der Waals surface area contributed by atoms with Crippen molar-refractivity contribution in [2.45, 2.75) is 6.92 Å². The fourth-order valence-corrected chi connectivity index (χ4v) is 3.34. The second kappa shape index (κ2) is 9.79. The maximum atomic E-state index is 12.2. The number of ether oxygens (including phenoxy) is 4. The average Bonchev–Trinajstić information content (AvgIpc) is 3.21. The van der Waals surface area contributed by atoms with Crippen LogP contribution in [0.15, 0.2) is 47.8 Å². The van der Waals surface area contributed by atoms with Gasteiger partial charge in [-0.2, -0.15) is 0 Å². The van der Waals surface area contributed by atoms with Crippen molar-refractivity contribution in [2.24, 2.45) is 0 Å². The smallest absolute Gasteiger partial charge is 0.264 e. The van der Waals surface area contributed by atoms with Gasteiger partial charge < -0.3 is 18.9 Å². The van der Waals surface area contributed by atoms with E-state index < -0.39 is 0 Å². The lowest BCUT2D eigenvalue weighted by molar-refractivity contribution is -0.118. The van der Waals surface area contributed by atoms with Gasteiger partial charge in [0.05, 0.1) is 26.5 Å². The SMILES string of the molecule is CCOc1ccccc1OCC(=O)Nc1nc(-c2ccc(OC)c(OC)c2)cs1. The highest BCUT2D eigenvalue weighted by molar-refractivity contribution is 7.14. The highest BCUT2D eigenvalue weighted by Crippen LogP contribution is 2.33. The molecule has 1 amide bonds. The van der Waals surface area contributed by atoms with E-state index in [2.05, 4.69) is 10.3 Å². The van der Waals surface area contributed by atoms with Crippen molar-refractivity contribution < 1.29 is 23.7 Å². The van der Waals surface area contributed by atoms with Gasteiger partial charge >= 0.3 is 0 Å². The van der Waals surface area contributed by atoms with Crippen LogP contribution in [0, 0.1) is 0 Å². The van der Waals surface area contributed by atoms with Gasteiger partial charge in [0.25, 0.3) is 5.91 Å². The number of amides is 1. The Labute approximate surface area is 173 Å². The molecule has 8 heteroatoms. The van der Waals surface area contributed by atoms with E-state index in [0.717, 1.165) is 11.3 Å². The third-order valence-electron chi connectivity index (χ3n) is 3.94. The molecule has 0 bridgehead atoms. The summed E-state index contributed by atoms with van der Waals surface area (Å²) in [6, 6.07) is 12.8. The number of anilines is 1. The molecule has 2 aromatic carbocycles. The van der Waals surface area contributed by atoms with Crippen LogP contribution in [0.2, 0.25) is 0 Å². The monoisotopic (exact) mass is 414 g/mol. The summed E-state index contributed by atoms with van der Waals surface area (Å²) in [5.41, 5.74) is 1.59. The zero-order chi connectivity index (χ0) is 20.6. The number of rotatable bonds is 9. The summed E-state index contributed by atoms with van der Waals surface area (Å²) in [4.78, 5) is 16.7. The minimum atomic E-state index is -0.301. The van der Waals surface area contributed by atoms with Gasteiger partial charge in [0, 0.05) is 10.9 Å². The number of carbonyl (C=O) groups excluding carboxylic acids is 1. The number of methoxy groups -OCH3 is 2. The molecule has 3 aromatic rings. The van der Waals surface area contributed by atoms with Crippen molar-refractivity contribution in [1.29, 1.82) is 0 Å². The molecule has 0 unspecified atom stereocenters. The first-order valence-corrected chi connectivity index (χ1v) is 9.85. The van der Waals surface area contributed by atoms with Crippen LogP contribution in [0.5, 0.6) is 23.0 Å². The molecule has 0 aliphatic rings. The van der Waals surface area contributed by atoms with Crippen LogP contribution in [-0.4, -0.2) is 38.3 Å². The second-order valence-electron chi connectivity index (χ2n) is 5.82. The first-order chi connectivity index (χ1) is 14.1. The summed E-state index contributed by atoms with van der Waals surface area (Å²) in [6.45, 7) is 2.27. The van der Waals surface area contributed by atoms with Gasteiger partial charge in [-0.05, 0) is 37.3 Å². The van der Waals surface area contributed by atoms with Gasteiger partial charge in [-0.3, -0.25) is 10.1 Å². The molecule has 0 radical (unpaired) electrons. The standard InChI is InChI=1S/C21H22N2O5S/c1-4-27-17-7-5-6-8-18(17)28-12-20(24)23-21-22-15(13-29-21)14-9-10-16(25-2)19(11-14)26-3/h5-11,13H,4,12H2,1-3H3,(H,22,23,24). The van der Waals surface area contributed by atoms with Gasteiger partial charge in [0.1, 0.15) is 0 Å². The Hall–Kier alpha value is -3.26. The molecule has 0 aliphatic carbocycles. The van der Waals surface area contributed by atoms with Gasteiger partial charge in [-0.15, -0.1) is 11.3 Å². The van der Waals surface area contributed by atoms with E-state index in [-0.39, 0.29) is 12.5 Å². The Morgan fingerprint density at radius 2 is 1.72 bits per heavy atom. The number of hydrogen-bond acceptors (Lipinski definition) is 7. The van der Waals surface area contributed by atoms with E-state index >= 15 is 0 Å². The number of aromatic nitrogens is 1. The molecule has 1 heterocycles. The van der Waals surface area contributed by atoms with Crippen LogP contribution in [-0.2, 0) is 4.79 Å². The maximum absolute atomic E-state index is 12.2. The van der Waals surface area contributed by atoms with Crippen molar-refractivity contribution in [3.8, 4) is 34.3 Å². The van der Waals surface area contributed by atoms with Crippen molar-refractivity contribution in [1.82, 2.24) is 4.98 Å². The van der Waals surface area contributed by atoms with Crippen LogP contribution in [0.25, 0.3) is 11.3 Å². The summed E-state index contributed by atoms with van der Waals surface area (Å²) >= 11 is 1.33. The molecule has 1 aromatic heterocycles. The predicted molar refractivity (Wildman–Crippen MR) is 112 cm³/mol. The molecule has 0 spiro atoms. The number of nitrogens with one attached hydrogen (secondary N) is 1. The molecule has 0 fully saturated rings. The third kappa shape index (κ3) is 5.17. The highest BCUT2D eigenvalue weighted by atomic mass is 32.1. The van der Waals surface area contributed by atoms with E-state index in [0.29, 0.717) is 34.7 Å².